The van der Waals surface area contributed by atoms with Crippen molar-refractivity contribution in [3.8, 4) is 10.6 Å². The number of aromatic nitrogens is 1. The highest BCUT2D eigenvalue weighted by atomic mass is 35.5. The molecule has 3 rings (SSSR count). The van der Waals surface area contributed by atoms with Crippen molar-refractivity contribution in [1.29, 1.82) is 0 Å². The second-order valence-electron chi connectivity index (χ2n) is 5.25. The maximum atomic E-state index is 6.23. The minimum absolute atomic E-state index is 0.161. The molecule has 0 fully saturated rings. The van der Waals surface area contributed by atoms with Gasteiger partial charge in [-0.15, -0.1) is 11.3 Å². The van der Waals surface area contributed by atoms with Crippen molar-refractivity contribution in [2.45, 2.75) is 19.5 Å². The van der Waals surface area contributed by atoms with Crippen molar-refractivity contribution < 1.29 is 0 Å². The molecule has 0 bridgehead atoms. The van der Waals surface area contributed by atoms with Gasteiger partial charge in [-0.2, -0.15) is 0 Å². The first-order valence-electron chi connectivity index (χ1n) is 7.32. The summed E-state index contributed by atoms with van der Waals surface area (Å²) in [5.74, 6) is 0. The highest BCUT2D eigenvalue weighted by Gasteiger charge is 2.11. The van der Waals surface area contributed by atoms with Gasteiger partial charge in [-0.1, -0.05) is 59.6 Å². The van der Waals surface area contributed by atoms with Gasteiger partial charge in [0.1, 0.15) is 5.01 Å². The molecular formula is C18H16Cl2N2S. The summed E-state index contributed by atoms with van der Waals surface area (Å²) in [6.07, 6.45) is 0. The number of nitrogens with one attached hydrogen (secondary N) is 1. The van der Waals surface area contributed by atoms with E-state index >= 15 is 0 Å². The lowest BCUT2D eigenvalue weighted by Crippen LogP contribution is -2.18. The smallest absolute Gasteiger partial charge is 0.125 e. The van der Waals surface area contributed by atoms with Gasteiger partial charge in [0.15, 0.2) is 0 Å². The van der Waals surface area contributed by atoms with E-state index < -0.39 is 0 Å². The van der Waals surface area contributed by atoms with Crippen LogP contribution in [0.15, 0.2) is 53.9 Å². The summed E-state index contributed by atoms with van der Waals surface area (Å²) in [7, 11) is 0. The van der Waals surface area contributed by atoms with Crippen LogP contribution in [0, 0.1) is 0 Å². The molecule has 1 heterocycles. The van der Waals surface area contributed by atoms with E-state index in [1.165, 1.54) is 0 Å². The van der Waals surface area contributed by atoms with Gasteiger partial charge in [-0.25, -0.2) is 4.98 Å². The summed E-state index contributed by atoms with van der Waals surface area (Å²) in [6, 6.07) is 15.8. The van der Waals surface area contributed by atoms with Crippen LogP contribution in [-0.4, -0.2) is 4.98 Å². The minimum atomic E-state index is 0.161. The fourth-order valence-electron chi connectivity index (χ4n) is 2.34. The van der Waals surface area contributed by atoms with Crippen LogP contribution in [0.2, 0.25) is 10.0 Å². The SMILES string of the molecule is C[C@@H](NCc1csc(-c2ccccc2Cl)n1)c1ccccc1Cl. The Kier molecular flexibility index (Phi) is 5.34. The lowest BCUT2D eigenvalue weighted by molar-refractivity contribution is 0.569. The molecule has 1 aromatic heterocycles. The number of rotatable bonds is 5. The molecule has 0 radical (unpaired) electrons. The average molecular weight is 363 g/mol. The normalized spacial score (nSPS) is 12.3. The molecular weight excluding hydrogens is 347 g/mol. The van der Waals surface area contributed by atoms with Crippen molar-refractivity contribution in [2.24, 2.45) is 0 Å². The first kappa shape index (κ1) is 16.5. The summed E-state index contributed by atoms with van der Waals surface area (Å²) < 4.78 is 0. The Morgan fingerprint density at radius 1 is 1.04 bits per heavy atom. The Hall–Kier alpha value is -1.39. The van der Waals surface area contributed by atoms with Crippen LogP contribution >= 0.6 is 34.5 Å². The standard InChI is InChI=1S/C18H16Cl2N2S/c1-12(14-6-2-4-8-16(14)19)21-10-13-11-23-18(22-13)15-7-3-5-9-17(15)20/h2-9,11-12,21H,10H2,1H3/t12-/m1/s1. The Morgan fingerprint density at radius 2 is 1.74 bits per heavy atom. The van der Waals surface area contributed by atoms with Crippen molar-refractivity contribution >= 4 is 34.5 Å². The maximum Gasteiger partial charge on any atom is 0.125 e. The van der Waals surface area contributed by atoms with Gasteiger partial charge in [-0.3, -0.25) is 0 Å². The van der Waals surface area contributed by atoms with Gasteiger partial charge in [0, 0.05) is 28.6 Å². The number of thiazole rings is 1. The molecule has 2 aromatic carbocycles. The number of hydrogen-bond acceptors (Lipinski definition) is 3. The molecule has 23 heavy (non-hydrogen) atoms. The summed E-state index contributed by atoms with van der Waals surface area (Å²) in [5.41, 5.74) is 3.07. The van der Waals surface area contributed by atoms with Crippen molar-refractivity contribution in [3.05, 3.63) is 75.2 Å². The van der Waals surface area contributed by atoms with Crippen LogP contribution in [-0.2, 0) is 6.54 Å². The Morgan fingerprint density at radius 3 is 2.48 bits per heavy atom. The third kappa shape index (κ3) is 3.93. The molecule has 0 aliphatic heterocycles. The molecule has 2 nitrogen and oxygen atoms in total. The number of halogens is 2. The van der Waals surface area contributed by atoms with E-state index in [-0.39, 0.29) is 6.04 Å². The summed E-state index contributed by atoms with van der Waals surface area (Å²) in [5, 5.41) is 7.97. The Bertz CT molecular complexity index is 801. The quantitative estimate of drug-likeness (QED) is 0.604. The molecule has 5 heteroatoms. The van der Waals surface area contributed by atoms with E-state index in [2.05, 4.69) is 22.6 Å². The van der Waals surface area contributed by atoms with Gasteiger partial charge in [0.05, 0.1) is 10.7 Å². The minimum Gasteiger partial charge on any atom is -0.304 e. The fraction of sp³-hybridized carbons (Fsp3) is 0.167. The molecule has 1 atom stereocenters. The number of benzene rings is 2. The third-order valence-electron chi connectivity index (χ3n) is 3.62. The van der Waals surface area contributed by atoms with Crippen LogP contribution in [0.3, 0.4) is 0 Å². The van der Waals surface area contributed by atoms with Crippen LogP contribution in [0.5, 0.6) is 0 Å². The zero-order valence-corrected chi connectivity index (χ0v) is 14.9. The molecule has 0 amide bonds. The van der Waals surface area contributed by atoms with Gasteiger partial charge >= 0.3 is 0 Å². The fourth-order valence-corrected chi connectivity index (χ4v) is 3.78. The second-order valence-corrected chi connectivity index (χ2v) is 6.92. The van der Waals surface area contributed by atoms with Crippen molar-refractivity contribution in [3.63, 3.8) is 0 Å². The highest BCUT2D eigenvalue weighted by molar-refractivity contribution is 7.13. The summed E-state index contributed by atoms with van der Waals surface area (Å²) in [4.78, 5) is 4.67. The first-order valence-corrected chi connectivity index (χ1v) is 8.96. The Labute approximate surface area is 150 Å². The molecule has 118 valence electrons. The number of hydrogen-bond donors (Lipinski definition) is 1. The topological polar surface area (TPSA) is 24.9 Å². The van der Waals surface area contributed by atoms with Crippen LogP contribution in [0.1, 0.15) is 24.2 Å². The predicted octanol–water partition coefficient (Wildman–Crippen LogP) is 5.97. The lowest BCUT2D eigenvalue weighted by Gasteiger charge is -2.14. The molecule has 0 saturated heterocycles. The van der Waals surface area contributed by atoms with Gasteiger partial charge in [-0.05, 0) is 24.6 Å². The molecule has 0 saturated carbocycles. The molecule has 0 aliphatic rings. The van der Waals surface area contributed by atoms with Crippen molar-refractivity contribution in [1.82, 2.24) is 10.3 Å². The lowest BCUT2D eigenvalue weighted by atomic mass is 10.1. The average Bonchev–Trinajstić information content (AvgIpc) is 3.02. The molecule has 0 spiro atoms. The molecule has 1 N–H and O–H groups in total. The number of nitrogens with zero attached hydrogens (tertiary/aromatic N) is 1. The first-order chi connectivity index (χ1) is 11.1. The third-order valence-corrected chi connectivity index (χ3v) is 5.22. The zero-order chi connectivity index (χ0) is 16.2. The zero-order valence-electron chi connectivity index (χ0n) is 12.6. The van der Waals surface area contributed by atoms with Crippen LogP contribution < -0.4 is 5.32 Å². The molecule has 0 aliphatic carbocycles. The summed E-state index contributed by atoms with van der Waals surface area (Å²) in [6.45, 7) is 2.79. The second kappa shape index (κ2) is 7.45. The van der Waals surface area contributed by atoms with E-state index in [1.54, 1.807) is 11.3 Å². The molecule has 3 aromatic rings. The van der Waals surface area contributed by atoms with Crippen LogP contribution in [0.25, 0.3) is 10.6 Å². The van der Waals surface area contributed by atoms with E-state index in [9.17, 15) is 0 Å². The van der Waals surface area contributed by atoms with Gasteiger partial charge in [0.2, 0.25) is 0 Å². The molecule has 0 unspecified atom stereocenters. The van der Waals surface area contributed by atoms with Crippen molar-refractivity contribution in [2.75, 3.05) is 0 Å². The van der Waals surface area contributed by atoms with E-state index in [4.69, 9.17) is 23.2 Å². The maximum absolute atomic E-state index is 6.23. The van der Waals surface area contributed by atoms with Gasteiger partial charge < -0.3 is 5.32 Å². The largest absolute Gasteiger partial charge is 0.304 e. The van der Waals surface area contributed by atoms with Gasteiger partial charge in [0.25, 0.3) is 0 Å². The van der Waals surface area contributed by atoms with E-state index in [0.29, 0.717) is 6.54 Å². The monoisotopic (exact) mass is 362 g/mol. The summed E-state index contributed by atoms with van der Waals surface area (Å²) >= 11 is 14.1. The van der Waals surface area contributed by atoms with E-state index in [1.807, 2.05) is 48.5 Å². The van der Waals surface area contributed by atoms with Crippen LogP contribution in [0.4, 0.5) is 0 Å². The Balaban J connectivity index is 1.68. The predicted molar refractivity (Wildman–Crippen MR) is 99.3 cm³/mol. The highest BCUT2D eigenvalue weighted by Crippen LogP contribution is 2.30. The van der Waals surface area contributed by atoms with E-state index in [0.717, 1.165) is 31.9 Å².